The Bertz CT molecular complexity index is 862. The van der Waals surface area contributed by atoms with Gasteiger partial charge in [-0.25, -0.2) is 4.79 Å². The number of carbonyl (C=O) groups excluding carboxylic acids is 1. The van der Waals surface area contributed by atoms with Crippen LogP contribution >= 0.6 is 0 Å². The third-order valence-corrected chi connectivity index (χ3v) is 5.88. The van der Waals surface area contributed by atoms with Gasteiger partial charge in [-0.3, -0.25) is 4.79 Å². The van der Waals surface area contributed by atoms with E-state index in [1.54, 1.807) is 6.20 Å². The fourth-order valence-corrected chi connectivity index (χ4v) is 3.90. The Hall–Kier alpha value is -2.60. The highest BCUT2D eigenvalue weighted by atomic mass is 16.5. The zero-order valence-electron chi connectivity index (χ0n) is 16.0. The highest BCUT2D eigenvalue weighted by molar-refractivity contribution is 6.24. The molecule has 0 unspecified atom stereocenters. The van der Waals surface area contributed by atoms with E-state index in [1.165, 1.54) is 12.2 Å². The molecule has 1 saturated heterocycles. The van der Waals surface area contributed by atoms with Crippen LogP contribution in [0.15, 0.2) is 30.0 Å². The van der Waals surface area contributed by atoms with Crippen LogP contribution in [0.2, 0.25) is 0 Å². The number of carbonyl (C=O) groups is 2. The summed E-state index contributed by atoms with van der Waals surface area (Å²) in [5.41, 5.74) is 2.37. The van der Waals surface area contributed by atoms with Crippen molar-refractivity contribution in [3.05, 3.63) is 46.7 Å². The topological polar surface area (TPSA) is 84.9 Å². The van der Waals surface area contributed by atoms with Crippen LogP contribution in [0, 0.1) is 12.8 Å². The Labute approximate surface area is 164 Å². The number of carboxylic acids is 1. The maximum Gasteiger partial charge on any atom is 0.339 e. The van der Waals surface area contributed by atoms with E-state index >= 15 is 0 Å². The normalized spacial score (nSPS) is 24.0. The molecule has 0 aromatic heterocycles. The first-order chi connectivity index (χ1) is 13.5. The SMILES string of the molecule is Cc1cc2c(cc1OCC1COC1)CC1(CCC1)N/C=C\C(=O)/C(C(=O)O)=C\2. The van der Waals surface area contributed by atoms with Crippen LogP contribution in [-0.2, 0) is 20.7 Å². The number of hydrogen-bond acceptors (Lipinski definition) is 5. The van der Waals surface area contributed by atoms with Crippen molar-refractivity contribution in [2.75, 3.05) is 19.8 Å². The van der Waals surface area contributed by atoms with E-state index in [1.807, 2.05) is 19.1 Å². The van der Waals surface area contributed by atoms with Gasteiger partial charge in [0.15, 0.2) is 5.78 Å². The number of nitrogens with one attached hydrogen (secondary N) is 1. The molecular formula is C22H25NO5. The molecule has 3 aliphatic rings. The Morgan fingerprint density at radius 2 is 2.14 bits per heavy atom. The van der Waals surface area contributed by atoms with Crippen molar-refractivity contribution in [3.63, 3.8) is 0 Å². The zero-order valence-corrected chi connectivity index (χ0v) is 16.0. The first-order valence-corrected chi connectivity index (χ1v) is 9.73. The van der Waals surface area contributed by atoms with Gasteiger partial charge in [0.05, 0.1) is 19.8 Å². The molecule has 1 aromatic carbocycles. The fourth-order valence-electron chi connectivity index (χ4n) is 3.90. The molecule has 148 valence electrons. The summed E-state index contributed by atoms with van der Waals surface area (Å²) in [6.45, 7) is 4.02. The quantitative estimate of drug-likeness (QED) is 0.778. The molecule has 0 atom stereocenters. The van der Waals surface area contributed by atoms with Gasteiger partial charge in [-0.2, -0.15) is 0 Å². The minimum atomic E-state index is -1.22. The van der Waals surface area contributed by atoms with E-state index in [0.29, 0.717) is 12.5 Å². The molecule has 2 fully saturated rings. The summed E-state index contributed by atoms with van der Waals surface area (Å²) in [6, 6.07) is 3.94. The van der Waals surface area contributed by atoms with Gasteiger partial charge >= 0.3 is 5.97 Å². The van der Waals surface area contributed by atoms with E-state index in [-0.39, 0.29) is 11.1 Å². The van der Waals surface area contributed by atoms with Gasteiger partial charge in [0.25, 0.3) is 0 Å². The molecule has 6 nitrogen and oxygen atoms in total. The summed E-state index contributed by atoms with van der Waals surface area (Å²) in [6.07, 6.45) is 8.35. The van der Waals surface area contributed by atoms with Gasteiger partial charge in [0.1, 0.15) is 11.3 Å². The Kier molecular flexibility index (Phi) is 4.98. The molecule has 2 N–H and O–H groups in total. The number of ether oxygens (including phenoxy) is 2. The summed E-state index contributed by atoms with van der Waals surface area (Å²) in [7, 11) is 0. The minimum absolute atomic E-state index is 0.0889. The molecular weight excluding hydrogens is 358 g/mol. The Morgan fingerprint density at radius 1 is 1.36 bits per heavy atom. The lowest BCUT2D eigenvalue weighted by molar-refractivity contribution is -0.133. The first kappa shape index (κ1) is 18.7. The van der Waals surface area contributed by atoms with Crippen molar-refractivity contribution < 1.29 is 24.2 Å². The number of ketones is 1. The van der Waals surface area contributed by atoms with Gasteiger partial charge in [-0.15, -0.1) is 0 Å². The molecule has 1 aromatic rings. The summed E-state index contributed by atoms with van der Waals surface area (Å²) in [5, 5.41) is 12.9. The van der Waals surface area contributed by atoms with Gasteiger partial charge in [0.2, 0.25) is 0 Å². The van der Waals surface area contributed by atoms with E-state index in [9.17, 15) is 14.7 Å². The van der Waals surface area contributed by atoms with E-state index in [2.05, 4.69) is 5.32 Å². The zero-order chi connectivity index (χ0) is 19.7. The summed E-state index contributed by atoms with van der Waals surface area (Å²) < 4.78 is 11.2. The van der Waals surface area contributed by atoms with Crippen molar-refractivity contribution in [2.45, 2.75) is 38.1 Å². The van der Waals surface area contributed by atoms with E-state index < -0.39 is 11.8 Å². The van der Waals surface area contributed by atoms with Crippen LogP contribution in [0.5, 0.6) is 5.75 Å². The average Bonchev–Trinajstić information content (AvgIpc) is 2.57. The maximum absolute atomic E-state index is 12.4. The number of fused-ring (bicyclic) bond motifs is 1. The predicted molar refractivity (Wildman–Crippen MR) is 104 cm³/mol. The van der Waals surface area contributed by atoms with Crippen molar-refractivity contribution in [2.24, 2.45) is 5.92 Å². The third-order valence-electron chi connectivity index (χ3n) is 5.88. The molecule has 28 heavy (non-hydrogen) atoms. The Morgan fingerprint density at radius 3 is 2.75 bits per heavy atom. The van der Waals surface area contributed by atoms with Crippen LogP contribution in [-0.4, -0.2) is 42.2 Å². The minimum Gasteiger partial charge on any atom is -0.493 e. The van der Waals surface area contributed by atoms with Crippen LogP contribution in [0.25, 0.3) is 6.08 Å². The van der Waals surface area contributed by atoms with Crippen LogP contribution in [0.4, 0.5) is 0 Å². The average molecular weight is 383 g/mol. The van der Waals surface area contributed by atoms with Crippen LogP contribution < -0.4 is 10.1 Å². The van der Waals surface area contributed by atoms with Crippen molar-refractivity contribution in [1.29, 1.82) is 0 Å². The number of rotatable bonds is 4. The van der Waals surface area contributed by atoms with E-state index in [4.69, 9.17) is 9.47 Å². The smallest absolute Gasteiger partial charge is 0.339 e. The number of carboxylic acid groups (broad SMARTS) is 1. The molecule has 1 spiro atoms. The van der Waals surface area contributed by atoms with Crippen LogP contribution in [0.3, 0.4) is 0 Å². The molecule has 1 aliphatic carbocycles. The van der Waals surface area contributed by atoms with Gasteiger partial charge in [-0.1, -0.05) is 0 Å². The molecule has 2 heterocycles. The molecule has 0 radical (unpaired) electrons. The highest BCUT2D eigenvalue weighted by Gasteiger charge is 2.37. The molecule has 1 saturated carbocycles. The second kappa shape index (κ2) is 7.43. The predicted octanol–water partition coefficient (Wildman–Crippen LogP) is 2.64. The molecule has 0 bridgehead atoms. The Balaban J connectivity index is 1.73. The monoisotopic (exact) mass is 383 g/mol. The first-order valence-electron chi connectivity index (χ1n) is 9.73. The number of hydrogen-bond donors (Lipinski definition) is 2. The lowest BCUT2D eigenvalue weighted by atomic mass is 9.72. The lowest BCUT2D eigenvalue weighted by Crippen LogP contribution is -2.50. The molecule has 6 heteroatoms. The second-order valence-corrected chi connectivity index (χ2v) is 8.05. The fraction of sp³-hybridized carbons (Fsp3) is 0.455. The lowest BCUT2D eigenvalue weighted by Gasteiger charge is -2.43. The number of benzene rings is 1. The van der Waals surface area contributed by atoms with E-state index in [0.717, 1.165) is 61.3 Å². The van der Waals surface area contributed by atoms with Crippen molar-refractivity contribution >= 4 is 17.8 Å². The summed E-state index contributed by atoms with van der Waals surface area (Å²) >= 11 is 0. The van der Waals surface area contributed by atoms with Gasteiger partial charge in [-0.05, 0) is 67.5 Å². The molecule has 2 aliphatic heterocycles. The van der Waals surface area contributed by atoms with Crippen molar-refractivity contribution in [3.8, 4) is 5.75 Å². The summed E-state index contributed by atoms with van der Waals surface area (Å²) in [4.78, 5) is 24.0. The maximum atomic E-state index is 12.4. The van der Waals surface area contributed by atoms with Gasteiger partial charge in [0, 0.05) is 23.7 Å². The molecule has 0 amide bonds. The largest absolute Gasteiger partial charge is 0.493 e. The van der Waals surface area contributed by atoms with Gasteiger partial charge < -0.3 is 19.9 Å². The summed E-state index contributed by atoms with van der Waals surface area (Å²) in [5.74, 6) is -0.494. The number of aryl methyl sites for hydroxylation is 1. The van der Waals surface area contributed by atoms with Crippen molar-refractivity contribution in [1.82, 2.24) is 5.32 Å². The highest BCUT2D eigenvalue weighted by Crippen LogP contribution is 2.38. The van der Waals surface area contributed by atoms with Crippen LogP contribution in [0.1, 0.15) is 36.0 Å². The number of aliphatic carboxylic acids is 1. The number of allylic oxidation sites excluding steroid dienone is 1. The third kappa shape index (κ3) is 3.69. The second-order valence-electron chi connectivity index (χ2n) is 8.05. The molecule has 4 rings (SSSR count). The standard InChI is InChI=1S/C22H25NO5/c1-14-7-16-8-18(21(25)26)19(24)3-6-23-22(4-2-5-22)10-17(16)9-20(14)28-13-15-11-27-12-15/h3,6-9,15,23H,2,4-5,10-13H2,1H3,(H,25,26)/b6-3-,18-8+.